The van der Waals surface area contributed by atoms with E-state index in [0.29, 0.717) is 12.5 Å². The molecule has 0 aromatic carbocycles. The fourth-order valence-electron chi connectivity index (χ4n) is 2.76. The molecule has 0 aliphatic rings. The van der Waals surface area contributed by atoms with Crippen LogP contribution in [-0.2, 0) is 37.6 Å². The Kier molecular flexibility index (Phi) is 9.29. The van der Waals surface area contributed by atoms with E-state index in [1.165, 1.54) is 49.6 Å². The molecular formula is C15H30O8Si. The van der Waals surface area contributed by atoms with E-state index in [0.717, 1.165) is 0 Å². The average Bonchev–Trinajstić information content (AvgIpc) is 2.59. The van der Waals surface area contributed by atoms with Crippen molar-refractivity contribution in [3.63, 3.8) is 0 Å². The van der Waals surface area contributed by atoms with Gasteiger partial charge in [0.1, 0.15) is 0 Å². The number of carbonyl (C=O) groups is 1. The van der Waals surface area contributed by atoms with Crippen molar-refractivity contribution in [1.82, 2.24) is 0 Å². The summed E-state index contributed by atoms with van der Waals surface area (Å²) in [6.07, 6.45) is 0.603. The summed E-state index contributed by atoms with van der Waals surface area (Å²) in [6.45, 7) is 7.07. The van der Waals surface area contributed by atoms with Gasteiger partial charge in [-0.3, -0.25) is 0 Å². The molecule has 0 saturated heterocycles. The molecule has 0 bridgehead atoms. The van der Waals surface area contributed by atoms with Crippen LogP contribution in [0, 0.1) is 0 Å². The highest BCUT2D eigenvalue weighted by Gasteiger charge is 2.76. The predicted molar refractivity (Wildman–Crippen MR) is 89.3 cm³/mol. The minimum absolute atomic E-state index is 0.206. The van der Waals surface area contributed by atoms with E-state index in [1.807, 2.05) is 6.92 Å². The monoisotopic (exact) mass is 366 g/mol. The van der Waals surface area contributed by atoms with E-state index in [2.05, 4.69) is 6.58 Å². The van der Waals surface area contributed by atoms with Crippen molar-refractivity contribution in [2.45, 2.75) is 37.5 Å². The molecule has 0 radical (unpaired) electrons. The van der Waals surface area contributed by atoms with E-state index >= 15 is 0 Å². The van der Waals surface area contributed by atoms with Gasteiger partial charge in [0.2, 0.25) is 0 Å². The van der Waals surface area contributed by atoms with Gasteiger partial charge in [-0.2, -0.15) is 0 Å². The second kappa shape index (κ2) is 9.61. The van der Waals surface area contributed by atoms with E-state index in [4.69, 9.17) is 32.8 Å². The van der Waals surface area contributed by atoms with Crippen molar-refractivity contribution in [2.75, 3.05) is 42.7 Å². The molecular weight excluding hydrogens is 336 g/mol. The van der Waals surface area contributed by atoms with Crippen LogP contribution in [0.1, 0.15) is 20.3 Å². The minimum Gasteiger partial charge on any atom is -0.499 e. The molecule has 0 fully saturated rings. The highest BCUT2D eigenvalue weighted by atomic mass is 28.4. The zero-order chi connectivity index (χ0) is 19.0. The number of hydrogen-bond acceptors (Lipinski definition) is 8. The first-order valence-electron chi connectivity index (χ1n) is 7.45. The smallest absolute Gasteiger partial charge is 0.450 e. The number of methoxy groups -OCH3 is 6. The predicted octanol–water partition coefficient (Wildman–Crippen LogP) is 1.73. The summed E-state index contributed by atoms with van der Waals surface area (Å²) >= 11 is 0. The van der Waals surface area contributed by atoms with E-state index < -0.39 is 25.5 Å². The molecule has 24 heavy (non-hydrogen) atoms. The van der Waals surface area contributed by atoms with Crippen LogP contribution >= 0.6 is 0 Å². The maximum Gasteiger partial charge on any atom is 0.450 e. The lowest BCUT2D eigenvalue weighted by atomic mass is 10.4. The minimum atomic E-state index is -3.72. The van der Waals surface area contributed by atoms with Crippen molar-refractivity contribution >= 4 is 14.3 Å². The summed E-state index contributed by atoms with van der Waals surface area (Å²) < 4.78 is 39.0. The van der Waals surface area contributed by atoms with Crippen molar-refractivity contribution in [2.24, 2.45) is 0 Å². The van der Waals surface area contributed by atoms with Gasteiger partial charge in [0.15, 0.2) is 0 Å². The normalized spacial score (nSPS) is 13.0. The third-order valence-electron chi connectivity index (χ3n) is 3.82. The maximum absolute atomic E-state index is 12.4. The number of hydrogen-bond donors (Lipinski definition) is 0. The Morgan fingerprint density at radius 1 is 0.875 bits per heavy atom. The molecule has 0 N–H and O–H groups in total. The highest BCUT2D eigenvalue weighted by molar-refractivity contribution is 6.79. The Morgan fingerprint density at radius 3 is 1.42 bits per heavy atom. The van der Waals surface area contributed by atoms with E-state index in [1.54, 1.807) is 0 Å². The molecule has 0 aromatic rings. The molecule has 0 saturated carbocycles. The van der Waals surface area contributed by atoms with Crippen LogP contribution in [0.3, 0.4) is 0 Å². The second-order valence-corrected chi connectivity index (χ2v) is 8.67. The lowest BCUT2D eigenvalue weighted by Gasteiger charge is -2.50. The summed E-state index contributed by atoms with van der Waals surface area (Å²) in [5, 5.41) is 0. The average molecular weight is 366 g/mol. The molecule has 0 spiro atoms. The van der Waals surface area contributed by atoms with Crippen LogP contribution in [0.4, 0.5) is 0 Å². The van der Waals surface area contributed by atoms with Gasteiger partial charge in [-0.25, -0.2) is 4.79 Å². The standard InChI is InChI=1S/C15H30O8Si/c1-10-11-24(23-13(16)12(2)3,14(17-4,18-5)19-6)15(20-7,21-8)22-9/h2,10-11H2,1,3-9H3. The summed E-state index contributed by atoms with van der Waals surface area (Å²) in [5.41, 5.74) is -3.25. The van der Waals surface area contributed by atoms with Gasteiger partial charge in [0.25, 0.3) is 0 Å². The highest BCUT2D eigenvalue weighted by Crippen LogP contribution is 2.43. The molecule has 9 heteroatoms. The van der Waals surface area contributed by atoms with Gasteiger partial charge in [0, 0.05) is 48.2 Å². The third-order valence-corrected chi connectivity index (χ3v) is 8.76. The molecule has 0 heterocycles. The Bertz CT molecular complexity index is 381. The Morgan fingerprint density at radius 2 is 1.21 bits per heavy atom. The summed E-state index contributed by atoms with van der Waals surface area (Å²) in [6, 6.07) is 0.317. The lowest BCUT2D eigenvalue weighted by Crippen LogP contribution is -2.78. The molecule has 142 valence electrons. The zero-order valence-corrected chi connectivity index (χ0v) is 16.9. The first-order chi connectivity index (χ1) is 11.3. The summed E-state index contributed by atoms with van der Waals surface area (Å²) in [5.74, 6) is -0.638. The van der Waals surface area contributed by atoms with Crippen LogP contribution in [0.15, 0.2) is 12.2 Å². The van der Waals surface area contributed by atoms with Crippen molar-refractivity contribution < 1.29 is 37.6 Å². The van der Waals surface area contributed by atoms with Gasteiger partial charge in [-0.15, -0.1) is 0 Å². The molecule has 0 unspecified atom stereocenters. The van der Waals surface area contributed by atoms with Crippen LogP contribution in [0.25, 0.3) is 0 Å². The summed E-state index contributed by atoms with van der Waals surface area (Å²) in [7, 11) is 4.55. The van der Waals surface area contributed by atoms with Gasteiger partial charge >= 0.3 is 25.5 Å². The summed E-state index contributed by atoms with van der Waals surface area (Å²) in [4.78, 5) is 12.4. The second-order valence-electron chi connectivity index (χ2n) is 5.08. The molecule has 0 aliphatic carbocycles. The first-order valence-corrected chi connectivity index (χ1v) is 9.57. The van der Waals surface area contributed by atoms with Gasteiger partial charge in [-0.1, -0.05) is 19.9 Å². The molecule has 0 aromatic heterocycles. The maximum atomic E-state index is 12.4. The van der Waals surface area contributed by atoms with Crippen molar-refractivity contribution in [3.8, 4) is 0 Å². The number of rotatable bonds is 12. The first kappa shape index (κ1) is 23.2. The van der Waals surface area contributed by atoms with E-state index in [-0.39, 0.29) is 5.57 Å². The van der Waals surface area contributed by atoms with E-state index in [9.17, 15) is 4.79 Å². The molecule has 0 aliphatic heterocycles. The van der Waals surface area contributed by atoms with Crippen molar-refractivity contribution in [1.29, 1.82) is 0 Å². The Hall–Kier alpha value is -0.813. The number of carbonyl (C=O) groups excluding carboxylic acids is 1. The van der Waals surface area contributed by atoms with Crippen LogP contribution in [-0.4, -0.2) is 68.1 Å². The largest absolute Gasteiger partial charge is 0.499 e. The zero-order valence-electron chi connectivity index (χ0n) is 15.9. The topological polar surface area (TPSA) is 81.7 Å². The van der Waals surface area contributed by atoms with Crippen molar-refractivity contribution in [3.05, 3.63) is 12.2 Å². The lowest BCUT2D eigenvalue weighted by molar-refractivity contribution is -0.355. The SMILES string of the molecule is C=C(C)C(=O)O[Si](CCC)(C(OC)(OC)OC)C(OC)(OC)OC. The quantitative estimate of drug-likeness (QED) is 0.293. The number of ether oxygens (including phenoxy) is 6. The molecule has 0 rings (SSSR count). The van der Waals surface area contributed by atoms with Gasteiger partial charge in [0.05, 0.1) is 0 Å². The molecule has 8 nitrogen and oxygen atoms in total. The van der Waals surface area contributed by atoms with Crippen LogP contribution < -0.4 is 0 Å². The van der Waals surface area contributed by atoms with Gasteiger partial charge in [-0.05, 0) is 13.0 Å². The fourth-order valence-corrected chi connectivity index (χ4v) is 7.27. The fraction of sp³-hybridized carbons (Fsp3) is 0.800. The Balaban J connectivity index is 6.67. The Labute approximate surface area is 145 Å². The van der Waals surface area contributed by atoms with Crippen LogP contribution in [0.5, 0.6) is 0 Å². The van der Waals surface area contributed by atoms with Gasteiger partial charge < -0.3 is 32.8 Å². The van der Waals surface area contributed by atoms with Crippen LogP contribution in [0.2, 0.25) is 6.04 Å². The molecule has 0 amide bonds. The third kappa shape index (κ3) is 3.72. The molecule has 0 atom stereocenters.